The van der Waals surface area contributed by atoms with Crippen LogP contribution in [0.15, 0.2) is 35.2 Å². The molecule has 7 nitrogen and oxygen atoms in total. The van der Waals surface area contributed by atoms with E-state index in [-0.39, 0.29) is 10.8 Å². The van der Waals surface area contributed by atoms with E-state index in [1.807, 2.05) is 20.0 Å². The maximum absolute atomic E-state index is 12.4. The molecule has 2 aromatic heterocycles. The molecule has 0 radical (unpaired) electrons. The first-order valence-electron chi connectivity index (χ1n) is 7.47. The number of nitrogens with one attached hydrogen (secondary N) is 1. The normalized spacial score (nSPS) is 12.0. The Hall–Kier alpha value is -2.23. The number of thiophene rings is 1. The molecular formula is C16H18N4O3S2. The fraction of sp³-hybridized carbons (Fsp3) is 0.250. The summed E-state index contributed by atoms with van der Waals surface area (Å²) in [6.45, 7) is 1.90. The predicted octanol–water partition coefficient (Wildman–Crippen LogP) is 2.45. The van der Waals surface area contributed by atoms with Gasteiger partial charge in [0.2, 0.25) is 10.0 Å². The fourth-order valence-corrected chi connectivity index (χ4v) is 4.35. The van der Waals surface area contributed by atoms with Gasteiger partial charge in [0, 0.05) is 32.2 Å². The Kier molecular flexibility index (Phi) is 4.40. The minimum absolute atomic E-state index is 0.180. The molecule has 0 saturated carbocycles. The Balaban J connectivity index is 1.81. The average molecular weight is 378 g/mol. The van der Waals surface area contributed by atoms with Gasteiger partial charge < -0.3 is 5.32 Å². The first-order valence-corrected chi connectivity index (χ1v) is 9.73. The minimum Gasteiger partial charge on any atom is -0.321 e. The van der Waals surface area contributed by atoms with Crippen molar-refractivity contribution in [2.45, 2.75) is 11.8 Å². The number of carbonyl (C=O) groups excluding carboxylic acids is 1. The number of anilines is 1. The van der Waals surface area contributed by atoms with E-state index >= 15 is 0 Å². The van der Waals surface area contributed by atoms with E-state index in [0.29, 0.717) is 10.6 Å². The third-order valence-electron chi connectivity index (χ3n) is 3.81. The molecule has 1 N–H and O–H groups in total. The van der Waals surface area contributed by atoms with Gasteiger partial charge in [0.05, 0.1) is 15.5 Å². The summed E-state index contributed by atoms with van der Waals surface area (Å²) in [6, 6.07) is 7.93. The second-order valence-corrected chi connectivity index (χ2v) is 8.99. The number of hydrogen-bond donors (Lipinski definition) is 1. The smallest absolute Gasteiger partial charge is 0.265 e. The third kappa shape index (κ3) is 3.17. The van der Waals surface area contributed by atoms with Gasteiger partial charge in [-0.1, -0.05) is 0 Å². The molecule has 3 rings (SSSR count). The Morgan fingerprint density at radius 1 is 1.24 bits per heavy atom. The van der Waals surface area contributed by atoms with Crippen LogP contribution in [0.25, 0.3) is 10.2 Å². The molecule has 0 saturated heterocycles. The van der Waals surface area contributed by atoms with E-state index in [0.717, 1.165) is 20.2 Å². The van der Waals surface area contributed by atoms with Gasteiger partial charge in [-0.3, -0.25) is 9.48 Å². The van der Waals surface area contributed by atoms with E-state index in [1.54, 1.807) is 16.8 Å². The lowest BCUT2D eigenvalue weighted by atomic mass is 10.3. The molecule has 0 aliphatic carbocycles. The highest BCUT2D eigenvalue weighted by Gasteiger charge is 2.18. The SMILES string of the molecule is Cc1nn(C)c2sc(C(=O)Nc3ccc(S(=O)(=O)N(C)C)cc3)cc12. The van der Waals surface area contributed by atoms with Crippen LogP contribution in [0, 0.1) is 6.92 Å². The molecule has 9 heteroatoms. The van der Waals surface area contributed by atoms with Crippen LogP contribution in [0.4, 0.5) is 5.69 Å². The molecule has 1 aromatic carbocycles. The Morgan fingerprint density at radius 2 is 1.88 bits per heavy atom. The molecule has 2 heterocycles. The lowest BCUT2D eigenvalue weighted by Crippen LogP contribution is -2.22. The highest BCUT2D eigenvalue weighted by atomic mass is 32.2. The monoisotopic (exact) mass is 378 g/mol. The number of nitrogens with zero attached hydrogens (tertiary/aromatic N) is 3. The summed E-state index contributed by atoms with van der Waals surface area (Å²) in [5, 5.41) is 8.07. The topological polar surface area (TPSA) is 84.3 Å². The molecule has 1 amide bonds. The second kappa shape index (κ2) is 6.25. The highest BCUT2D eigenvalue weighted by Crippen LogP contribution is 2.28. The Morgan fingerprint density at radius 3 is 2.44 bits per heavy atom. The van der Waals surface area contributed by atoms with Crippen LogP contribution < -0.4 is 5.32 Å². The predicted molar refractivity (Wildman–Crippen MR) is 98.6 cm³/mol. The zero-order chi connectivity index (χ0) is 18.4. The first-order chi connectivity index (χ1) is 11.7. The first kappa shape index (κ1) is 17.6. The number of rotatable bonds is 4. The maximum atomic E-state index is 12.4. The van der Waals surface area contributed by atoms with Crippen molar-refractivity contribution < 1.29 is 13.2 Å². The van der Waals surface area contributed by atoms with E-state index in [9.17, 15) is 13.2 Å². The van der Waals surface area contributed by atoms with Crippen molar-refractivity contribution in [1.29, 1.82) is 0 Å². The van der Waals surface area contributed by atoms with Crippen molar-refractivity contribution in [3.05, 3.63) is 40.9 Å². The zero-order valence-corrected chi connectivity index (χ0v) is 15.9. The Bertz CT molecular complexity index is 1010. The van der Waals surface area contributed by atoms with Crippen molar-refractivity contribution in [2.75, 3.05) is 19.4 Å². The van der Waals surface area contributed by atoms with Crippen LogP contribution in [0.3, 0.4) is 0 Å². The molecule has 0 atom stereocenters. The van der Waals surface area contributed by atoms with Gasteiger partial charge in [0.15, 0.2) is 0 Å². The summed E-state index contributed by atoms with van der Waals surface area (Å²) in [7, 11) is 1.32. The summed E-state index contributed by atoms with van der Waals surface area (Å²) in [5.41, 5.74) is 1.42. The molecule has 0 fully saturated rings. The van der Waals surface area contributed by atoms with Gasteiger partial charge in [0.1, 0.15) is 4.83 Å². The second-order valence-electron chi connectivity index (χ2n) is 5.80. The average Bonchev–Trinajstić information content (AvgIpc) is 3.10. The molecule has 0 aliphatic rings. The van der Waals surface area contributed by atoms with Gasteiger partial charge in [0.25, 0.3) is 5.91 Å². The number of carbonyl (C=O) groups is 1. The molecule has 25 heavy (non-hydrogen) atoms. The molecule has 0 spiro atoms. The third-order valence-corrected chi connectivity index (χ3v) is 6.84. The van der Waals surface area contributed by atoms with Gasteiger partial charge in [-0.2, -0.15) is 5.10 Å². The van der Waals surface area contributed by atoms with E-state index in [4.69, 9.17) is 0 Å². The Labute approximate surface area is 149 Å². The van der Waals surface area contributed by atoms with Crippen LogP contribution >= 0.6 is 11.3 Å². The van der Waals surface area contributed by atoms with E-state index < -0.39 is 10.0 Å². The van der Waals surface area contributed by atoms with E-state index in [1.165, 1.54) is 37.6 Å². The quantitative estimate of drug-likeness (QED) is 0.756. The van der Waals surface area contributed by atoms with Crippen LogP contribution in [0.1, 0.15) is 15.4 Å². The number of aryl methyl sites for hydroxylation is 2. The molecule has 0 unspecified atom stereocenters. The minimum atomic E-state index is -3.48. The number of sulfonamides is 1. The van der Waals surface area contributed by atoms with Crippen molar-refractivity contribution in [3.8, 4) is 0 Å². The number of hydrogen-bond acceptors (Lipinski definition) is 5. The van der Waals surface area contributed by atoms with Gasteiger partial charge in [-0.15, -0.1) is 11.3 Å². The lowest BCUT2D eigenvalue weighted by molar-refractivity contribution is 0.103. The highest BCUT2D eigenvalue weighted by molar-refractivity contribution is 7.89. The van der Waals surface area contributed by atoms with Crippen molar-refractivity contribution in [3.63, 3.8) is 0 Å². The number of aromatic nitrogens is 2. The lowest BCUT2D eigenvalue weighted by Gasteiger charge is -2.11. The van der Waals surface area contributed by atoms with Crippen LogP contribution in [-0.2, 0) is 17.1 Å². The van der Waals surface area contributed by atoms with Crippen molar-refractivity contribution in [2.24, 2.45) is 7.05 Å². The summed E-state index contributed by atoms with van der Waals surface area (Å²) in [5.74, 6) is -0.233. The maximum Gasteiger partial charge on any atom is 0.265 e. The van der Waals surface area contributed by atoms with Crippen molar-refractivity contribution >= 4 is 43.2 Å². The summed E-state index contributed by atoms with van der Waals surface area (Å²) in [4.78, 5) is 14.1. The van der Waals surface area contributed by atoms with Crippen molar-refractivity contribution in [1.82, 2.24) is 14.1 Å². The standard InChI is InChI=1S/C16H18N4O3S2/c1-10-13-9-14(24-16(13)20(4)18-10)15(21)17-11-5-7-12(8-6-11)25(22,23)19(2)3/h5-9H,1-4H3,(H,17,21). The molecular weight excluding hydrogens is 360 g/mol. The number of benzene rings is 1. The zero-order valence-electron chi connectivity index (χ0n) is 14.3. The largest absolute Gasteiger partial charge is 0.321 e. The van der Waals surface area contributed by atoms with Crippen LogP contribution in [-0.4, -0.2) is 42.5 Å². The number of fused-ring (bicyclic) bond motifs is 1. The molecule has 0 bridgehead atoms. The van der Waals surface area contributed by atoms with Crippen LogP contribution in [0.2, 0.25) is 0 Å². The molecule has 3 aromatic rings. The summed E-state index contributed by atoms with van der Waals surface area (Å²) in [6.07, 6.45) is 0. The van der Waals surface area contributed by atoms with Crippen LogP contribution in [0.5, 0.6) is 0 Å². The van der Waals surface area contributed by atoms with Gasteiger partial charge in [-0.05, 0) is 37.3 Å². The summed E-state index contributed by atoms with van der Waals surface area (Å²) < 4.78 is 27.0. The van der Waals surface area contributed by atoms with E-state index in [2.05, 4.69) is 10.4 Å². The van der Waals surface area contributed by atoms with Gasteiger partial charge >= 0.3 is 0 Å². The molecule has 132 valence electrons. The number of amides is 1. The molecule has 0 aliphatic heterocycles. The van der Waals surface area contributed by atoms with Gasteiger partial charge in [-0.25, -0.2) is 12.7 Å². The fourth-order valence-electron chi connectivity index (χ4n) is 2.43. The summed E-state index contributed by atoms with van der Waals surface area (Å²) >= 11 is 1.37.